The second-order valence-corrected chi connectivity index (χ2v) is 6.44. The maximum Gasteiger partial charge on any atom is 0.00702 e. The molecule has 0 fully saturated rings. The van der Waals surface area contributed by atoms with Crippen molar-refractivity contribution < 1.29 is 0 Å². The van der Waals surface area contributed by atoms with E-state index in [0.29, 0.717) is 6.04 Å². The van der Waals surface area contributed by atoms with Gasteiger partial charge in [0.1, 0.15) is 0 Å². The van der Waals surface area contributed by atoms with Gasteiger partial charge in [-0.2, -0.15) is 0 Å². The molecule has 1 unspecified atom stereocenters. The van der Waals surface area contributed by atoms with E-state index in [2.05, 4.69) is 57.3 Å². The van der Waals surface area contributed by atoms with Crippen LogP contribution in [0.25, 0.3) is 0 Å². The summed E-state index contributed by atoms with van der Waals surface area (Å²) in [7, 11) is 0. The molecule has 0 aliphatic carbocycles. The Morgan fingerprint density at radius 2 is 1.80 bits per heavy atom. The zero-order chi connectivity index (χ0) is 14.8. The highest BCUT2D eigenvalue weighted by Gasteiger charge is 2.09. The summed E-state index contributed by atoms with van der Waals surface area (Å²) in [6.07, 6.45) is 7.73. The summed E-state index contributed by atoms with van der Waals surface area (Å²) < 4.78 is 0. The fraction of sp³-hybridized carbons (Fsp3) is 0.684. The fourth-order valence-corrected chi connectivity index (χ4v) is 2.69. The van der Waals surface area contributed by atoms with Gasteiger partial charge in [0.2, 0.25) is 0 Å². The maximum atomic E-state index is 3.73. The molecule has 0 heterocycles. The fourth-order valence-electron chi connectivity index (χ4n) is 2.69. The van der Waals surface area contributed by atoms with E-state index in [1.54, 1.807) is 0 Å². The summed E-state index contributed by atoms with van der Waals surface area (Å²) in [6, 6.07) is 9.49. The molecule has 0 aromatic heterocycles. The van der Waals surface area contributed by atoms with Crippen LogP contribution in [0.2, 0.25) is 0 Å². The molecule has 1 nitrogen and oxygen atoms in total. The molecule has 0 radical (unpaired) electrons. The zero-order valence-corrected chi connectivity index (χ0v) is 13.9. The van der Waals surface area contributed by atoms with Crippen LogP contribution in [-0.2, 0) is 6.42 Å². The van der Waals surface area contributed by atoms with Gasteiger partial charge in [0.05, 0.1) is 0 Å². The van der Waals surface area contributed by atoms with Gasteiger partial charge in [0, 0.05) is 6.04 Å². The molecule has 1 aromatic rings. The molecule has 0 aliphatic rings. The van der Waals surface area contributed by atoms with Crippen molar-refractivity contribution in [1.82, 2.24) is 5.32 Å². The van der Waals surface area contributed by atoms with E-state index >= 15 is 0 Å². The lowest BCUT2D eigenvalue weighted by Crippen LogP contribution is -2.30. The Morgan fingerprint density at radius 1 is 1.05 bits per heavy atom. The monoisotopic (exact) mass is 275 g/mol. The Hall–Kier alpha value is -0.820. The average molecular weight is 275 g/mol. The summed E-state index contributed by atoms with van der Waals surface area (Å²) in [5, 5.41) is 3.73. The van der Waals surface area contributed by atoms with Gasteiger partial charge in [-0.1, -0.05) is 57.9 Å². The SMILES string of the molecule is CCCNC(CCCC(C)C)CCc1ccccc1C. The number of nitrogens with one attached hydrogen (secondary N) is 1. The topological polar surface area (TPSA) is 12.0 Å². The Bertz CT molecular complexity index is 357. The molecule has 20 heavy (non-hydrogen) atoms. The summed E-state index contributed by atoms with van der Waals surface area (Å²) in [6.45, 7) is 10.3. The van der Waals surface area contributed by atoms with Gasteiger partial charge in [0.25, 0.3) is 0 Å². The van der Waals surface area contributed by atoms with E-state index in [-0.39, 0.29) is 0 Å². The number of rotatable bonds is 10. The van der Waals surface area contributed by atoms with Crippen LogP contribution >= 0.6 is 0 Å². The molecule has 0 amide bonds. The first-order valence-corrected chi connectivity index (χ1v) is 8.41. The van der Waals surface area contributed by atoms with E-state index in [1.807, 2.05) is 0 Å². The molecule has 0 bridgehead atoms. The molecule has 1 rings (SSSR count). The first kappa shape index (κ1) is 17.2. The minimum atomic E-state index is 0.688. The van der Waals surface area contributed by atoms with Crippen molar-refractivity contribution in [2.75, 3.05) is 6.54 Å². The maximum absolute atomic E-state index is 3.73. The Kier molecular flexibility index (Phi) is 8.60. The largest absolute Gasteiger partial charge is 0.314 e. The van der Waals surface area contributed by atoms with Crippen molar-refractivity contribution in [3.05, 3.63) is 35.4 Å². The third kappa shape index (κ3) is 7.09. The molecule has 114 valence electrons. The van der Waals surface area contributed by atoms with Crippen LogP contribution < -0.4 is 5.32 Å². The first-order valence-electron chi connectivity index (χ1n) is 8.41. The lowest BCUT2D eigenvalue weighted by Gasteiger charge is -2.19. The number of benzene rings is 1. The molecule has 1 heteroatoms. The van der Waals surface area contributed by atoms with Crippen LogP contribution in [0, 0.1) is 12.8 Å². The smallest absolute Gasteiger partial charge is 0.00702 e. The van der Waals surface area contributed by atoms with Gasteiger partial charge in [-0.05, 0) is 56.2 Å². The molecule has 0 aliphatic heterocycles. The van der Waals surface area contributed by atoms with E-state index in [9.17, 15) is 0 Å². The van der Waals surface area contributed by atoms with Crippen LogP contribution in [0.5, 0.6) is 0 Å². The third-order valence-electron chi connectivity index (χ3n) is 4.04. The van der Waals surface area contributed by atoms with E-state index in [0.717, 1.165) is 12.5 Å². The predicted octanol–water partition coefficient (Wildman–Crippen LogP) is 5.12. The molecule has 1 N–H and O–H groups in total. The van der Waals surface area contributed by atoms with Gasteiger partial charge >= 0.3 is 0 Å². The summed E-state index contributed by atoms with van der Waals surface area (Å²) in [5.74, 6) is 0.832. The third-order valence-corrected chi connectivity index (χ3v) is 4.04. The van der Waals surface area contributed by atoms with Crippen LogP contribution in [0.3, 0.4) is 0 Å². The molecule has 0 saturated carbocycles. The van der Waals surface area contributed by atoms with Crippen molar-refractivity contribution in [1.29, 1.82) is 0 Å². The molecule has 1 aromatic carbocycles. The van der Waals surface area contributed by atoms with Gasteiger partial charge < -0.3 is 5.32 Å². The molecular formula is C19H33N. The quantitative estimate of drug-likeness (QED) is 0.625. The second kappa shape index (κ2) is 9.99. The summed E-state index contributed by atoms with van der Waals surface area (Å²) in [5.41, 5.74) is 2.95. The second-order valence-electron chi connectivity index (χ2n) is 6.44. The zero-order valence-electron chi connectivity index (χ0n) is 13.9. The van der Waals surface area contributed by atoms with Crippen LogP contribution in [0.4, 0.5) is 0 Å². The van der Waals surface area contributed by atoms with E-state index < -0.39 is 0 Å². The molecule has 1 atom stereocenters. The Morgan fingerprint density at radius 3 is 2.45 bits per heavy atom. The molecule has 0 saturated heterocycles. The summed E-state index contributed by atoms with van der Waals surface area (Å²) >= 11 is 0. The summed E-state index contributed by atoms with van der Waals surface area (Å²) in [4.78, 5) is 0. The lowest BCUT2D eigenvalue weighted by molar-refractivity contribution is 0.417. The molecule has 0 spiro atoms. The van der Waals surface area contributed by atoms with Crippen molar-refractivity contribution in [2.24, 2.45) is 5.92 Å². The van der Waals surface area contributed by atoms with Crippen LogP contribution in [0.15, 0.2) is 24.3 Å². The Balaban J connectivity index is 2.41. The van der Waals surface area contributed by atoms with Gasteiger partial charge in [0.15, 0.2) is 0 Å². The number of hydrogen-bond donors (Lipinski definition) is 1. The minimum Gasteiger partial charge on any atom is -0.314 e. The number of aryl methyl sites for hydroxylation is 2. The van der Waals surface area contributed by atoms with Crippen LogP contribution in [0.1, 0.15) is 64.0 Å². The standard InChI is InChI=1S/C19H33N/c1-5-15-20-19(12-8-9-16(2)3)14-13-18-11-7-6-10-17(18)4/h6-7,10-11,16,19-20H,5,8-9,12-15H2,1-4H3. The van der Waals surface area contributed by atoms with Gasteiger partial charge in [-0.15, -0.1) is 0 Å². The normalized spacial score (nSPS) is 12.8. The van der Waals surface area contributed by atoms with E-state index in [4.69, 9.17) is 0 Å². The highest BCUT2D eigenvalue weighted by molar-refractivity contribution is 5.25. The highest BCUT2D eigenvalue weighted by atomic mass is 14.9. The van der Waals surface area contributed by atoms with Crippen LogP contribution in [-0.4, -0.2) is 12.6 Å². The van der Waals surface area contributed by atoms with Crippen molar-refractivity contribution in [3.63, 3.8) is 0 Å². The highest BCUT2D eigenvalue weighted by Crippen LogP contribution is 2.15. The Labute approximate surface area is 126 Å². The average Bonchev–Trinajstić information content (AvgIpc) is 2.42. The van der Waals surface area contributed by atoms with Gasteiger partial charge in [-0.3, -0.25) is 0 Å². The first-order chi connectivity index (χ1) is 9.63. The van der Waals surface area contributed by atoms with Gasteiger partial charge in [-0.25, -0.2) is 0 Å². The number of hydrogen-bond acceptors (Lipinski definition) is 1. The molecular weight excluding hydrogens is 242 g/mol. The predicted molar refractivity (Wildman–Crippen MR) is 90.3 cm³/mol. The van der Waals surface area contributed by atoms with E-state index in [1.165, 1.54) is 49.7 Å². The minimum absolute atomic E-state index is 0.688. The van der Waals surface area contributed by atoms with Crippen molar-refractivity contribution >= 4 is 0 Å². The van der Waals surface area contributed by atoms with Crippen molar-refractivity contribution in [3.8, 4) is 0 Å². The lowest BCUT2D eigenvalue weighted by atomic mass is 9.96. The van der Waals surface area contributed by atoms with Crippen molar-refractivity contribution in [2.45, 2.75) is 72.3 Å².